The number of ether oxygens (including phenoxy) is 1. The highest BCUT2D eigenvalue weighted by molar-refractivity contribution is 6.32. The van der Waals surface area contributed by atoms with Crippen molar-refractivity contribution in [2.24, 2.45) is 0 Å². The fraction of sp³-hybridized carbons (Fsp3) is 0.444. The Bertz CT molecular complexity index is 419. The number of esters is 1. The summed E-state index contributed by atoms with van der Waals surface area (Å²) in [7, 11) is 0. The van der Waals surface area contributed by atoms with E-state index in [9.17, 15) is 9.59 Å². The Morgan fingerprint density at radius 2 is 2.44 bits per heavy atom. The zero-order valence-electron chi connectivity index (χ0n) is 8.75. The second-order valence-corrected chi connectivity index (χ2v) is 3.25. The first kappa shape index (κ1) is 12.5. The predicted molar refractivity (Wildman–Crippen MR) is 59.6 cm³/mol. The second-order valence-electron chi connectivity index (χ2n) is 2.88. The van der Waals surface area contributed by atoms with Gasteiger partial charge in [-0.3, -0.25) is 9.59 Å². The summed E-state index contributed by atoms with van der Waals surface area (Å²) >= 11 is 5.68. The van der Waals surface area contributed by atoms with Crippen molar-refractivity contribution in [3.63, 3.8) is 0 Å². The van der Waals surface area contributed by atoms with Crippen LogP contribution in [0.2, 0.25) is 5.02 Å². The molecule has 88 valence electrons. The Kier molecular flexibility index (Phi) is 4.78. The molecule has 0 unspecified atom stereocenters. The summed E-state index contributed by atoms with van der Waals surface area (Å²) in [6.45, 7) is 2.40. The summed E-state index contributed by atoms with van der Waals surface area (Å²) in [5, 5.41) is 2.76. The van der Waals surface area contributed by atoms with Crippen molar-refractivity contribution in [3.8, 4) is 0 Å². The first-order chi connectivity index (χ1) is 7.65. The van der Waals surface area contributed by atoms with Crippen LogP contribution in [0.4, 0.5) is 5.82 Å². The van der Waals surface area contributed by atoms with Crippen molar-refractivity contribution >= 4 is 23.4 Å². The fourth-order valence-electron chi connectivity index (χ4n) is 1.02. The number of rotatable bonds is 5. The van der Waals surface area contributed by atoms with Crippen LogP contribution in [0.25, 0.3) is 0 Å². The summed E-state index contributed by atoms with van der Waals surface area (Å²) in [4.78, 5) is 28.2. The van der Waals surface area contributed by atoms with Gasteiger partial charge in [0.05, 0.1) is 19.4 Å². The monoisotopic (exact) mass is 245 g/mol. The van der Waals surface area contributed by atoms with Gasteiger partial charge in [-0.1, -0.05) is 11.6 Å². The van der Waals surface area contributed by atoms with Crippen LogP contribution in [-0.2, 0) is 9.53 Å². The molecule has 0 saturated carbocycles. The van der Waals surface area contributed by atoms with Gasteiger partial charge in [-0.05, 0) is 6.92 Å². The molecule has 0 saturated heterocycles. The molecule has 0 aliphatic heterocycles. The minimum Gasteiger partial charge on any atom is -0.466 e. The third-order valence-electron chi connectivity index (χ3n) is 1.72. The molecule has 0 fully saturated rings. The van der Waals surface area contributed by atoms with Crippen LogP contribution >= 0.6 is 11.6 Å². The van der Waals surface area contributed by atoms with E-state index in [0.29, 0.717) is 13.2 Å². The summed E-state index contributed by atoms with van der Waals surface area (Å²) < 4.78 is 4.73. The van der Waals surface area contributed by atoms with Crippen LogP contribution in [0.5, 0.6) is 0 Å². The summed E-state index contributed by atoms with van der Waals surface area (Å²) in [5.41, 5.74) is -0.421. The van der Waals surface area contributed by atoms with Crippen molar-refractivity contribution in [2.45, 2.75) is 13.3 Å². The maximum absolute atomic E-state index is 11.1. The van der Waals surface area contributed by atoms with Crippen molar-refractivity contribution in [2.75, 3.05) is 18.5 Å². The maximum atomic E-state index is 11.1. The Hall–Kier alpha value is -1.56. The van der Waals surface area contributed by atoms with Crippen LogP contribution in [0, 0.1) is 0 Å². The lowest BCUT2D eigenvalue weighted by atomic mass is 10.4. The molecule has 16 heavy (non-hydrogen) atoms. The molecule has 1 rings (SSSR count). The number of halogens is 1. The van der Waals surface area contributed by atoms with E-state index in [1.54, 1.807) is 6.92 Å². The van der Waals surface area contributed by atoms with Crippen molar-refractivity contribution in [1.29, 1.82) is 0 Å². The highest BCUT2D eigenvalue weighted by atomic mass is 35.5. The first-order valence-electron chi connectivity index (χ1n) is 4.77. The average molecular weight is 246 g/mol. The molecule has 1 aromatic heterocycles. The molecule has 0 aliphatic carbocycles. The summed E-state index contributed by atoms with van der Waals surface area (Å²) in [6, 6.07) is 0. The van der Waals surface area contributed by atoms with Gasteiger partial charge in [0.15, 0.2) is 5.82 Å². The predicted octanol–water partition coefficient (Wildman–Crippen LogP) is 0.788. The summed E-state index contributed by atoms with van der Waals surface area (Å²) in [5.74, 6) is -0.0503. The van der Waals surface area contributed by atoms with Crippen molar-refractivity contribution < 1.29 is 9.53 Å². The molecule has 7 heteroatoms. The minimum absolute atomic E-state index is 0.0219. The van der Waals surface area contributed by atoms with Crippen LogP contribution in [0.15, 0.2) is 11.1 Å². The van der Waals surface area contributed by atoms with Crippen LogP contribution in [-0.4, -0.2) is 29.1 Å². The quantitative estimate of drug-likeness (QED) is 0.750. The molecular weight excluding hydrogens is 234 g/mol. The second kappa shape index (κ2) is 6.12. The molecule has 0 spiro atoms. The van der Waals surface area contributed by atoms with E-state index in [1.807, 2.05) is 0 Å². The molecule has 6 nitrogen and oxygen atoms in total. The Balaban J connectivity index is 2.46. The van der Waals surface area contributed by atoms with Gasteiger partial charge in [-0.15, -0.1) is 0 Å². The minimum atomic E-state index is -0.421. The number of aromatic nitrogens is 2. The van der Waals surface area contributed by atoms with E-state index >= 15 is 0 Å². The average Bonchev–Trinajstić information content (AvgIpc) is 2.25. The zero-order chi connectivity index (χ0) is 12.0. The number of nitrogens with one attached hydrogen (secondary N) is 2. The smallest absolute Gasteiger partial charge is 0.307 e. The normalized spacial score (nSPS) is 9.88. The third kappa shape index (κ3) is 3.54. The number of hydrogen-bond acceptors (Lipinski definition) is 5. The lowest BCUT2D eigenvalue weighted by Gasteiger charge is -2.05. The number of H-pyrrole nitrogens is 1. The fourth-order valence-corrected chi connectivity index (χ4v) is 1.19. The Labute approximate surface area is 97.0 Å². The first-order valence-corrected chi connectivity index (χ1v) is 5.15. The van der Waals surface area contributed by atoms with E-state index < -0.39 is 5.56 Å². The van der Waals surface area contributed by atoms with E-state index in [1.165, 1.54) is 6.33 Å². The highest BCUT2D eigenvalue weighted by Gasteiger charge is 2.06. The number of aromatic amines is 1. The molecular formula is C9H12ClN3O3. The number of anilines is 1. The molecule has 0 aromatic carbocycles. The van der Waals surface area contributed by atoms with E-state index in [4.69, 9.17) is 16.3 Å². The van der Waals surface area contributed by atoms with Gasteiger partial charge >= 0.3 is 5.97 Å². The zero-order valence-corrected chi connectivity index (χ0v) is 9.50. The van der Waals surface area contributed by atoms with Gasteiger partial charge in [0, 0.05) is 6.54 Å². The standard InChI is InChI=1S/C9H12ClN3O3/c1-2-16-6(14)3-4-11-8-7(10)9(15)13-5-12-8/h5H,2-4H2,1H3,(H2,11,12,13,15). The molecule has 0 radical (unpaired) electrons. The van der Waals surface area contributed by atoms with Gasteiger partial charge in [0.1, 0.15) is 5.02 Å². The number of nitrogens with zero attached hydrogens (tertiary/aromatic N) is 1. The molecule has 1 heterocycles. The molecule has 2 N–H and O–H groups in total. The van der Waals surface area contributed by atoms with Crippen LogP contribution in [0.1, 0.15) is 13.3 Å². The molecule has 0 amide bonds. The molecule has 0 bridgehead atoms. The van der Waals surface area contributed by atoms with Gasteiger partial charge in [-0.25, -0.2) is 4.98 Å². The largest absolute Gasteiger partial charge is 0.466 e. The van der Waals surface area contributed by atoms with Gasteiger partial charge < -0.3 is 15.0 Å². The van der Waals surface area contributed by atoms with Crippen LogP contribution < -0.4 is 10.9 Å². The van der Waals surface area contributed by atoms with E-state index in [-0.39, 0.29) is 23.2 Å². The SMILES string of the molecule is CCOC(=O)CCNc1nc[nH]c(=O)c1Cl. The molecule has 1 aromatic rings. The van der Waals surface area contributed by atoms with Gasteiger partial charge in [0.25, 0.3) is 5.56 Å². The highest BCUT2D eigenvalue weighted by Crippen LogP contribution is 2.11. The Morgan fingerprint density at radius 1 is 1.69 bits per heavy atom. The van der Waals surface area contributed by atoms with Crippen molar-refractivity contribution in [1.82, 2.24) is 9.97 Å². The number of hydrogen-bond donors (Lipinski definition) is 2. The Morgan fingerprint density at radius 3 is 3.12 bits per heavy atom. The van der Waals surface area contributed by atoms with Crippen molar-refractivity contribution in [3.05, 3.63) is 21.7 Å². The van der Waals surface area contributed by atoms with E-state index in [0.717, 1.165) is 0 Å². The lowest BCUT2D eigenvalue weighted by Crippen LogP contribution is -2.15. The molecule has 0 atom stereocenters. The van der Waals surface area contributed by atoms with Crippen LogP contribution in [0.3, 0.4) is 0 Å². The topological polar surface area (TPSA) is 84.1 Å². The van der Waals surface area contributed by atoms with Gasteiger partial charge in [0.2, 0.25) is 0 Å². The number of carbonyl (C=O) groups is 1. The summed E-state index contributed by atoms with van der Waals surface area (Å²) in [6.07, 6.45) is 1.43. The number of carbonyl (C=O) groups excluding carboxylic acids is 1. The maximum Gasteiger partial charge on any atom is 0.307 e. The van der Waals surface area contributed by atoms with E-state index in [2.05, 4.69) is 15.3 Å². The molecule has 0 aliphatic rings. The van der Waals surface area contributed by atoms with Gasteiger partial charge in [-0.2, -0.15) is 0 Å². The third-order valence-corrected chi connectivity index (χ3v) is 2.07. The lowest BCUT2D eigenvalue weighted by molar-refractivity contribution is -0.142.